The zero-order valence-corrected chi connectivity index (χ0v) is 9.87. The molecule has 1 N–H and O–H groups in total. The van der Waals surface area contributed by atoms with Crippen LogP contribution in [0, 0.1) is 13.8 Å². The van der Waals surface area contributed by atoms with E-state index in [0.717, 1.165) is 0 Å². The minimum Gasteiger partial charge on any atom is -0.380 e. The SMILES string of the molecule is CCC1CSc2ccc(C)c(C)c2N1. The number of rotatable bonds is 1. The first kappa shape index (κ1) is 9.91. The number of aryl methyl sites for hydroxylation is 1. The minimum atomic E-state index is 0.646. The van der Waals surface area contributed by atoms with Gasteiger partial charge in [0.25, 0.3) is 0 Å². The van der Waals surface area contributed by atoms with E-state index in [1.165, 1.54) is 33.9 Å². The summed E-state index contributed by atoms with van der Waals surface area (Å²) < 4.78 is 0. The van der Waals surface area contributed by atoms with Gasteiger partial charge in [-0.15, -0.1) is 11.8 Å². The predicted molar refractivity (Wildman–Crippen MR) is 64.3 cm³/mol. The van der Waals surface area contributed by atoms with E-state index >= 15 is 0 Å². The van der Waals surface area contributed by atoms with Crippen LogP contribution in [0.15, 0.2) is 17.0 Å². The van der Waals surface area contributed by atoms with Crippen molar-refractivity contribution in [3.63, 3.8) is 0 Å². The quantitative estimate of drug-likeness (QED) is 0.755. The fourth-order valence-electron chi connectivity index (χ4n) is 1.75. The van der Waals surface area contributed by atoms with Gasteiger partial charge >= 0.3 is 0 Å². The van der Waals surface area contributed by atoms with Crippen molar-refractivity contribution < 1.29 is 0 Å². The summed E-state index contributed by atoms with van der Waals surface area (Å²) in [6, 6.07) is 5.10. The van der Waals surface area contributed by atoms with Crippen molar-refractivity contribution in [2.75, 3.05) is 11.1 Å². The standard InChI is InChI=1S/C12H17NS/c1-4-10-7-14-11-6-5-8(2)9(3)12(11)13-10/h5-6,10,13H,4,7H2,1-3H3. The third kappa shape index (κ3) is 1.63. The van der Waals surface area contributed by atoms with Crippen molar-refractivity contribution in [3.8, 4) is 0 Å². The molecule has 1 heterocycles. The number of thioether (sulfide) groups is 1. The summed E-state index contributed by atoms with van der Waals surface area (Å²) in [5.41, 5.74) is 4.16. The summed E-state index contributed by atoms with van der Waals surface area (Å²) in [6.07, 6.45) is 1.21. The average Bonchev–Trinajstić information content (AvgIpc) is 2.23. The molecule has 0 saturated heterocycles. The molecule has 1 aromatic carbocycles. The molecule has 0 fully saturated rings. The third-order valence-corrected chi connectivity index (χ3v) is 4.20. The molecule has 2 rings (SSSR count). The van der Waals surface area contributed by atoms with Gasteiger partial charge in [0.05, 0.1) is 5.69 Å². The topological polar surface area (TPSA) is 12.0 Å². The van der Waals surface area contributed by atoms with E-state index in [1.54, 1.807) is 0 Å². The Morgan fingerprint density at radius 1 is 1.43 bits per heavy atom. The van der Waals surface area contributed by atoms with Crippen molar-refractivity contribution >= 4 is 17.4 Å². The van der Waals surface area contributed by atoms with Gasteiger partial charge in [0.2, 0.25) is 0 Å². The van der Waals surface area contributed by atoms with Crippen molar-refractivity contribution in [2.24, 2.45) is 0 Å². The number of fused-ring (bicyclic) bond motifs is 1. The molecule has 0 bridgehead atoms. The van der Waals surface area contributed by atoms with E-state index in [-0.39, 0.29) is 0 Å². The average molecular weight is 207 g/mol. The van der Waals surface area contributed by atoms with Crippen molar-refractivity contribution in [1.29, 1.82) is 0 Å². The van der Waals surface area contributed by atoms with Gasteiger partial charge in [0.15, 0.2) is 0 Å². The normalized spacial score (nSPS) is 20.1. The molecule has 1 unspecified atom stereocenters. The molecular formula is C12H17NS. The van der Waals surface area contributed by atoms with E-state index in [4.69, 9.17) is 0 Å². The highest BCUT2D eigenvalue weighted by Gasteiger charge is 2.18. The predicted octanol–water partition coefficient (Wildman–Crippen LogP) is 3.60. The van der Waals surface area contributed by atoms with E-state index in [9.17, 15) is 0 Å². The molecule has 1 aromatic rings. The lowest BCUT2D eigenvalue weighted by Crippen LogP contribution is -2.25. The fraction of sp³-hybridized carbons (Fsp3) is 0.500. The highest BCUT2D eigenvalue weighted by Crippen LogP contribution is 2.37. The van der Waals surface area contributed by atoms with Crippen LogP contribution in [-0.2, 0) is 0 Å². The molecule has 14 heavy (non-hydrogen) atoms. The van der Waals surface area contributed by atoms with Gasteiger partial charge in [-0.25, -0.2) is 0 Å². The van der Waals surface area contributed by atoms with Crippen molar-refractivity contribution in [3.05, 3.63) is 23.3 Å². The summed E-state index contributed by atoms with van der Waals surface area (Å²) in [4.78, 5) is 1.41. The van der Waals surface area contributed by atoms with E-state index in [1.807, 2.05) is 11.8 Å². The summed E-state index contributed by atoms with van der Waals surface area (Å²) in [6.45, 7) is 6.63. The van der Waals surface area contributed by atoms with Gasteiger partial charge in [-0.3, -0.25) is 0 Å². The number of benzene rings is 1. The Morgan fingerprint density at radius 2 is 2.21 bits per heavy atom. The van der Waals surface area contributed by atoms with E-state index in [0.29, 0.717) is 6.04 Å². The Labute approximate surface area is 90.3 Å². The van der Waals surface area contributed by atoms with Gasteiger partial charge in [0, 0.05) is 16.7 Å². The molecule has 1 nitrogen and oxygen atoms in total. The zero-order chi connectivity index (χ0) is 10.1. The number of anilines is 1. The van der Waals surface area contributed by atoms with Gasteiger partial charge in [-0.05, 0) is 37.5 Å². The van der Waals surface area contributed by atoms with Crippen LogP contribution in [0.5, 0.6) is 0 Å². The molecule has 0 saturated carbocycles. The van der Waals surface area contributed by atoms with Crippen LogP contribution in [0.25, 0.3) is 0 Å². The largest absolute Gasteiger partial charge is 0.380 e. The van der Waals surface area contributed by atoms with Crippen LogP contribution in [-0.4, -0.2) is 11.8 Å². The molecule has 1 aliphatic rings. The lowest BCUT2D eigenvalue weighted by molar-refractivity contribution is 0.762. The second-order valence-corrected chi connectivity index (χ2v) is 5.00. The highest BCUT2D eigenvalue weighted by molar-refractivity contribution is 7.99. The first-order valence-corrected chi connectivity index (χ1v) is 6.20. The molecule has 1 aliphatic heterocycles. The van der Waals surface area contributed by atoms with Crippen LogP contribution in [0.2, 0.25) is 0 Å². The van der Waals surface area contributed by atoms with Crippen molar-refractivity contribution in [2.45, 2.75) is 38.1 Å². The molecular weight excluding hydrogens is 190 g/mol. The van der Waals surface area contributed by atoms with E-state index < -0.39 is 0 Å². The van der Waals surface area contributed by atoms with Crippen molar-refractivity contribution in [1.82, 2.24) is 0 Å². The maximum absolute atomic E-state index is 3.63. The monoisotopic (exact) mass is 207 g/mol. The molecule has 76 valence electrons. The molecule has 0 aliphatic carbocycles. The van der Waals surface area contributed by atoms with Crippen LogP contribution in [0.3, 0.4) is 0 Å². The fourth-order valence-corrected chi connectivity index (χ4v) is 2.97. The Kier molecular flexibility index (Phi) is 2.73. The summed E-state index contributed by atoms with van der Waals surface area (Å²) >= 11 is 1.98. The molecule has 0 aromatic heterocycles. The maximum atomic E-state index is 3.63. The second kappa shape index (κ2) is 3.85. The third-order valence-electron chi connectivity index (χ3n) is 2.98. The van der Waals surface area contributed by atoms with Gasteiger partial charge < -0.3 is 5.32 Å². The van der Waals surface area contributed by atoms with Crippen LogP contribution >= 0.6 is 11.8 Å². The Morgan fingerprint density at radius 3 is 2.93 bits per heavy atom. The molecule has 1 atom stereocenters. The highest BCUT2D eigenvalue weighted by atomic mass is 32.2. The number of hydrogen-bond acceptors (Lipinski definition) is 2. The molecule has 0 spiro atoms. The van der Waals surface area contributed by atoms with Gasteiger partial charge in [-0.2, -0.15) is 0 Å². The van der Waals surface area contributed by atoms with Gasteiger partial charge in [-0.1, -0.05) is 13.0 Å². The van der Waals surface area contributed by atoms with Crippen LogP contribution < -0.4 is 5.32 Å². The first-order chi connectivity index (χ1) is 6.72. The Balaban J connectivity index is 2.38. The Bertz CT molecular complexity index is 346. The van der Waals surface area contributed by atoms with Crippen LogP contribution in [0.1, 0.15) is 24.5 Å². The van der Waals surface area contributed by atoms with E-state index in [2.05, 4.69) is 38.2 Å². The van der Waals surface area contributed by atoms with Gasteiger partial charge in [0.1, 0.15) is 0 Å². The smallest absolute Gasteiger partial charge is 0.0513 e. The number of nitrogens with one attached hydrogen (secondary N) is 1. The molecule has 0 amide bonds. The second-order valence-electron chi connectivity index (χ2n) is 3.94. The first-order valence-electron chi connectivity index (χ1n) is 5.22. The zero-order valence-electron chi connectivity index (χ0n) is 9.05. The molecule has 0 radical (unpaired) electrons. The lowest BCUT2D eigenvalue weighted by Gasteiger charge is -2.27. The summed E-state index contributed by atoms with van der Waals surface area (Å²) in [7, 11) is 0. The summed E-state index contributed by atoms with van der Waals surface area (Å²) in [5, 5.41) is 3.63. The minimum absolute atomic E-state index is 0.646. The lowest BCUT2D eigenvalue weighted by atomic mass is 10.1. The maximum Gasteiger partial charge on any atom is 0.0513 e. The summed E-state index contributed by atoms with van der Waals surface area (Å²) in [5.74, 6) is 1.20. The molecule has 2 heteroatoms. The number of hydrogen-bond donors (Lipinski definition) is 1. The Hall–Kier alpha value is -0.630. The van der Waals surface area contributed by atoms with Crippen LogP contribution in [0.4, 0.5) is 5.69 Å².